The van der Waals surface area contributed by atoms with Gasteiger partial charge in [0.1, 0.15) is 5.82 Å². The van der Waals surface area contributed by atoms with Gasteiger partial charge in [-0.2, -0.15) is 0 Å². The first kappa shape index (κ1) is 14.6. The van der Waals surface area contributed by atoms with Crippen molar-refractivity contribution in [1.82, 2.24) is 9.55 Å². The lowest BCUT2D eigenvalue weighted by atomic mass is 9.61. The van der Waals surface area contributed by atoms with E-state index in [0.717, 1.165) is 18.4 Å². The minimum absolute atomic E-state index is 0.182. The van der Waals surface area contributed by atoms with Crippen molar-refractivity contribution in [2.45, 2.75) is 52.5 Å². The topological polar surface area (TPSA) is 43.8 Å². The van der Waals surface area contributed by atoms with Crippen LogP contribution >= 0.6 is 0 Å². The number of hydrogen-bond acceptors (Lipinski definition) is 2. The third-order valence-corrected chi connectivity index (χ3v) is 5.89. The van der Waals surface area contributed by atoms with E-state index in [2.05, 4.69) is 57.5 Å². The Morgan fingerprint density at radius 1 is 1.29 bits per heavy atom. The summed E-state index contributed by atoms with van der Waals surface area (Å²) in [6, 6.07) is 6.85. The van der Waals surface area contributed by atoms with Crippen LogP contribution in [0.3, 0.4) is 0 Å². The van der Waals surface area contributed by atoms with E-state index in [1.54, 1.807) is 0 Å². The normalized spacial score (nSPS) is 29.0. The second-order valence-electron chi connectivity index (χ2n) is 7.43. The molecule has 0 spiro atoms. The number of benzene rings is 1. The van der Waals surface area contributed by atoms with Crippen molar-refractivity contribution in [3.05, 3.63) is 29.6 Å². The summed E-state index contributed by atoms with van der Waals surface area (Å²) >= 11 is 0. The van der Waals surface area contributed by atoms with Gasteiger partial charge in [0, 0.05) is 19.0 Å². The molecule has 0 aliphatic heterocycles. The van der Waals surface area contributed by atoms with Crippen molar-refractivity contribution in [2.75, 3.05) is 0 Å². The first-order valence-corrected chi connectivity index (χ1v) is 8.01. The Hall–Kier alpha value is -1.35. The Morgan fingerprint density at radius 3 is 2.71 bits per heavy atom. The minimum Gasteiger partial charge on any atom is -0.331 e. The zero-order valence-corrected chi connectivity index (χ0v) is 13.9. The van der Waals surface area contributed by atoms with Crippen molar-refractivity contribution < 1.29 is 0 Å². The van der Waals surface area contributed by atoms with Gasteiger partial charge < -0.3 is 10.3 Å². The van der Waals surface area contributed by atoms with Crippen molar-refractivity contribution in [2.24, 2.45) is 24.1 Å². The summed E-state index contributed by atoms with van der Waals surface area (Å²) in [5.41, 5.74) is 10.1. The minimum atomic E-state index is 0.182. The second kappa shape index (κ2) is 4.84. The highest BCUT2D eigenvalue weighted by atomic mass is 15.1. The highest BCUT2D eigenvalue weighted by Gasteiger charge is 2.44. The van der Waals surface area contributed by atoms with Crippen LogP contribution in [-0.4, -0.2) is 15.6 Å². The third kappa shape index (κ3) is 2.18. The lowest BCUT2D eigenvalue weighted by Gasteiger charge is -2.46. The van der Waals surface area contributed by atoms with Gasteiger partial charge in [-0.05, 0) is 48.8 Å². The summed E-state index contributed by atoms with van der Waals surface area (Å²) in [5, 5.41) is 0. The first-order chi connectivity index (χ1) is 9.82. The van der Waals surface area contributed by atoms with E-state index in [9.17, 15) is 0 Å². The molecule has 3 rings (SSSR count). The number of aryl methyl sites for hydroxylation is 2. The maximum Gasteiger partial charge on any atom is 0.113 e. The van der Waals surface area contributed by atoms with E-state index in [0.29, 0.717) is 17.9 Å². The summed E-state index contributed by atoms with van der Waals surface area (Å²) < 4.78 is 2.28. The number of imidazole rings is 1. The maximum absolute atomic E-state index is 6.30. The molecular weight excluding hydrogens is 258 g/mol. The fraction of sp³-hybridized carbons (Fsp3) is 0.611. The Bertz CT molecular complexity index is 668. The highest BCUT2D eigenvalue weighted by molar-refractivity contribution is 5.77. The number of nitrogens with two attached hydrogens (primary N) is 1. The van der Waals surface area contributed by atoms with Gasteiger partial charge in [0.15, 0.2) is 0 Å². The van der Waals surface area contributed by atoms with E-state index >= 15 is 0 Å². The van der Waals surface area contributed by atoms with E-state index in [-0.39, 0.29) is 5.41 Å². The van der Waals surface area contributed by atoms with Gasteiger partial charge in [0.2, 0.25) is 0 Å². The Balaban J connectivity index is 2.09. The van der Waals surface area contributed by atoms with Crippen LogP contribution in [0.25, 0.3) is 11.0 Å². The standard InChI is InChI=1S/C18H27N3/c1-11-6-9-16-15(10-11)20-17(21(16)5)13-7-8-14(19)12(2)18(13,3)4/h6,9-10,12-14H,7-8,19H2,1-5H3. The van der Waals surface area contributed by atoms with E-state index in [1.807, 2.05) is 0 Å². The summed E-state index contributed by atoms with van der Waals surface area (Å²) in [7, 11) is 2.15. The molecule has 1 fully saturated rings. The molecule has 1 aromatic heterocycles. The van der Waals surface area contributed by atoms with Crippen LogP contribution in [0.2, 0.25) is 0 Å². The molecule has 3 heteroatoms. The van der Waals surface area contributed by atoms with Crippen LogP contribution in [0.1, 0.15) is 50.9 Å². The van der Waals surface area contributed by atoms with Crippen molar-refractivity contribution >= 4 is 11.0 Å². The summed E-state index contributed by atoms with van der Waals surface area (Å²) in [6.45, 7) is 9.13. The Labute approximate surface area is 127 Å². The SMILES string of the molecule is Cc1ccc2c(c1)nc(C1CCC(N)C(C)C1(C)C)n2C. The molecule has 21 heavy (non-hydrogen) atoms. The molecular formula is C18H27N3. The predicted octanol–water partition coefficient (Wildman–Crippen LogP) is 3.75. The molecule has 0 amide bonds. The molecule has 1 heterocycles. The Kier molecular flexibility index (Phi) is 3.36. The van der Waals surface area contributed by atoms with Crippen molar-refractivity contribution in [3.8, 4) is 0 Å². The molecule has 3 atom stereocenters. The largest absolute Gasteiger partial charge is 0.331 e. The molecule has 0 bridgehead atoms. The smallest absolute Gasteiger partial charge is 0.113 e. The lowest BCUT2D eigenvalue weighted by Crippen LogP contribution is -2.46. The molecule has 2 N–H and O–H groups in total. The summed E-state index contributed by atoms with van der Waals surface area (Å²) in [6.07, 6.45) is 2.23. The summed E-state index contributed by atoms with van der Waals surface area (Å²) in [4.78, 5) is 4.97. The fourth-order valence-corrected chi connectivity index (χ4v) is 3.95. The van der Waals surface area contributed by atoms with Crippen molar-refractivity contribution in [3.63, 3.8) is 0 Å². The van der Waals surface area contributed by atoms with E-state index in [4.69, 9.17) is 10.7 Å². The van der Waals surface area contributed by atoms with E-state index in [1.165, 1.54) is 16.9 Å². The van der Waals surface area contributed by atoms with Gasteiger partial charge in [0.25, 0.3) is 0 Å². The quantitative estimate of drug-likeness (QED) is 0.867. The zero-order valence-electron chi connectivity index (χ0n) is 13.9. The lowest BCUT2D eigenvalue weighted by molar-refractivity contribution is 0.0936. The molecule has 0 saturated heterocycles. The fourth-order valence-electron chi connectivity index (χ4n) is 3.95. The van der Waals surface area contributed by atoms with Crippen LogP contribution in [0.4, 0.5) is 0 Å². The number of rotatable bonds is 1. The van der Waals surface area contributed by atoms with Gasteiger partial charge in [-0.15, -0.1) is 0 Å². The average Bonchev–Trinajstić information content (AvgIpc) is 2.73. The van der Waals surface area contributed by atoms with Crippen molar-refractivity contribution in [1.29, 1.82) is 0 Å². The van der Waals surface area contributed by atoms with Gasteiger partial charge in [-0.1, -0.05) is 26.8 Å². The molecule has 1 aromatic carbocycles. The molecule has 1 aliphatic rings. The summed E-state index contributed by atoms with van der Waals surface area (Å²) in [5.74, 6) is 2.21. The van der Waals surface area contributed by atoms with E-state index < -0.39 is 0 Å². The number of nitrogens with zero attached hydrogens (tertiary/aromatic N) is 2. The van der Waals surface area contributed by atoms with Crippen LogP contribution in [0.15, 0.2) is 18.2 Å². The Morgan fingerprint density at radius 2 is 2.00 bits per heavy atom. The number of aromatic nitrogens is 2. The third-order valence-electron chi connectivity index (χ3n) is 5.89. The molecule has 2 aromatic rings. The van der Waals surface area contributed by atoms with Crippen LogP contribution < -0.4 is 5.73 Å². The van der Waals surface area contributed by atoms with Gasteiger partial charge in [-0.3, -0.25) is 0 Å². The molecule has 114 valence electrons. The first-order valence-electron chi connectivity index (χ1n) is 8.01. The van der Waals surface area contributed by atoms with Gasteiger partial charge in [-0.25, -0.2) is 4.98 Å². The van der Waals surface area contributed by atoms with Gasteiger partial charge >= 0.3 is 0 Å². The van der Waals surface area contributed by atoms with Crippen LogP contribution in [0.5, 0.6) is 0 Å². The number of hydrogen-bond donors (Lipinski definition) is 1. The monoisotopic (exact) mass is 285 g/mol. The zero-order chi connectivity index (χ0) is 15.4. The number of fused-ring (bicyclic) bond motifs is 1. The second-order valence-corrected chi connectivity index (χ2v) is 7.43. The highest BCUT2D eigenvalue weighted by Crippen LogP contribution is 2.49. The molecule has 3 nitrogen and oxygen atoms in total. The van der Waals surface area contributed by atoms with Crippen LogP contribution in [-0.2, 0) is 7.05 Å². The van der Waals surface area contributed by atoms with Gasteiger partial charge in [0.05, 0.1) is 11.0 Å². The molecule has 1 aliphatic carbocycles. The molecule has 1 saturated carbocycles. The predicted molar refractivity (Wildman–Crippen MR) is 88.3 cm³/mol. The average molecular weight is 285 g/mol. The maximum atomic E-state index is 6.30. The molecule has 3 unspecified atom stereocenters. The van der Waals surface area contributed by atoms with Crippen LogP contribution in [0, 0.1) is 18.3 Å². The molecule has 0 radical (unpaired) electrons.